The Kier molecular flexibility index (Phi) is 4.82. The van der Waals surface area contributed by atoms with Crippen LogP contribution in [0.25, 0.3) is 0 Å². The largest absolute Gasteiger partial charge is 0.490 e. The molecule has 106 valence electrons. The van der Waals surface area contributed by atoms with Gasteiger partial charge in [-0.3, -0.25) is 4.79 Å². The van der Waals surface area contributed by atoms with Crippen molar-refractivity contribution >= 4 is 5.78 Å². The molecule has 20 heavy (non-hydrogen) atoms. The molecule has 1 aromatic heterocycles. The number of carbonyl (C=O) groups is 1. The summed E-state index contributed by atoms with van der Waals surface area (Å²) in [5.41, 5.74) is 0.722. The lowest BCUT2D eigenvalue weighted by atomic mass is 10.2. The van der Waals surface area contributed by atoms with Crippen LogP contribution < -0.4 is 9.47 Å². The summed E-state index contributed by atoms with van der Waals surface area (Å²) in [5.74, 6) is 1.58. The summed E-state index contributed by atoms with van der Waals surface area (Å²) < 4.78 is 13.2. The fourth-order valence-electron chi connectivity index (χ4n) is 1.89. The van der Waals surface area contributed by atoms with E-state index >= 15 is 0 Å². The third kappa shape index (κ3) is 3.63. The molecule has 0 aliphatic carbocycles. The molecule has 0 bridgehead atoms. The van der Waals surface area contributed by atoms with Gasteiger partial charge in [0.25, 0.3) is 0 Å². The van der Waals surface area contributed by atoms with Gasteiger partial charge in [0.2, 0.25) is 0 Å². The Balaban J connectivity index is 1.90. The number of rotatable bonds is 7. The zero-order valence-corrected chi connectivity index (χ0v) is 11.8. The van der Waals surface area contributed by atoms with Gasteiger partial charge in [0, 0.05) is 18.0 Å². The lowest BCUT2D eigenvalue weighted by Gasteiger charge is -2.11. The first-order chi connectivity index (χ1) is 9.70. The molecule has 0 saturated carbocycles. The maximum absolute atomic E-state index is 11.2. The van der Waals surface area contributed by atoms with Crippen molar-refractivity contribution in [1.82, 2.24) is 4.57 Å². The zero-order chi connectivity index (χ0) is 14.4. The molecule has 0 N–H and O–H groups in total. The van der Waals surface area contributed by atoms with E-state index in [0.29, 0.717) is 19.8 Å². The number of carbonyl (C=O) groups excluding carboxylic acids is 1. The number of para-hydroxylation sites is 2. The Labute approximate surface area is 118 Å². The average Bonchev–Trinajstić information content (AvgIpc) is 2.90. The van der Waals surface area contributed by atoms with Crippen LogP contribution in [0.4, 0.5) is 0 Å². The van der Waals surface area contributed by atoms with Crippen LogP contribution >= 0.6 is 0 Å². The van der Waals surface area contributed by atoms with Crippen molar-refractivity contribution in [3.63, 3.8) is 0 Å². The minimum absolute atomic E-state index is 0.0753. The predicted molar refractivity (Wildman–Crippen MR) is 77.5 cm³/mol. The third-order valence-corrected chi connectivity index (χ3v) is 2.91. The molecule has 1 heterocycles. The topological polar surface area (TPSA) is 40.5 Å². The minimum atomic E-state index is 0.0753. The Hall–Kier alpha value is -2.23. The van der Waals surface area contributed by atoms with Gasteiger partial charge in [-0.05, 0) is 32.0 Å². The van der Waals surface area contributed by atoms with Crippen LogP contribution in [0.5, 0.6) is 11.5 Å². The van der Waals surface area contributed by atoms with Crippen molar-refractivity contribution in [3.8, 4) is 11.5 Å². The molecule has 0 fully saturated rings. The Morgan fingerprint density at radius 2 is 1.85 bits per heavy atom. The van der Waals surface area contributed by atoms with E-state index in [1.807, 2.05) is 54.2 Å². The van der Waals surface area contributed by atoms with E-state index in [0.717, 1.165) is 17.1 Å². The lowest BCUT2D eigenvalue weighted by Crippen LogP contribution is -2.07. The number of aromatic nitrogens is 1. The van der Waals surface area contributed by atoms with Gasteiger partial charge in [-0.2, -0.15) is 0 Å². The summed E-state index contributed by atoms with van der Waals surface area (Å²) in [7, 11) is 0. The Morgan fingerprint density at radius 3 is 2.45 bits per heavy atom. The highest BCUT2D eigenvalue weighted by Crippen LogP contribution is 2.26. The number of ether oxygens (including phenoxy) is 2. The molecule has 0 spiro atoms. The molecule has 0 saturated heterocycles. The van der Waals surface area contributed by atoms with Crippen LogP contribution in [0, 0.1) is 0 Å². The van der Waals surface area contributed by atoms with Crippen molar-refractivity contribution in [3.05, 3.63) is 48.3 Å². The number of hydrogen-bond donors (Lipinski definition) is 0. The number of nitrogens with zero attached hydrogens (tertiary/aromatic N) is 1. The molecule has 0 aliphatic rings. The number of benzene rings is 1. The first-order valence-corrected chi connectivity index (χ1v) is 6.72. The number of hydrogen-bond acceptors (Lipinski definition) is 3. The average molecular weight is 273 g/mol. The lowest BCUT2D eigenvalue weighted by molar-refractivity contribution is 0.101. The summed E-state index contributed by atoms with van der Waals surface area (Å²) in [6.45, 7) is 5.33. The van der Waals surface area contributed by atoms with Crippen LogP contribution in [-0.2, 0) is 6.54 Å². The van der Waals surface area contributed by atoms with Gasteiger partial charge in [0.1, 0.15) is 6.61 Å². The van der Waals surface area contributed by atoms with E-state index in [2.05, 4.69) is 0 Å². The van der Waals surface area contributed by atoms with Gasteiger partial charge in [0.15, 0.2) is 17.3 Å². The molecule has 4 nitrogen and oxygen atoms in total. The maximum atomic E-state index is 11.2. The second-order valence-corrected chi connectivity index (χ2v) is 4.42. The van der Waals surface area contributed by atoms with E-state index in [1.54, 1.807) is 6.92 Å². The summed E-state index contributed by atoms with van der Waals surface area (Å²) in [6, 6.07) is 9.44. The highest BCUT2D eigenvalue weighted by molar-refractivity contribution is 5.93. The molecular formula is C16H19NO3. The fraction of sp³-hybridized carbons (Fsp3) is 0.312. The third-order valence-electron chi connectivity index (χ3n) is 2.91. The van der Waals surface area contributed by atoms with Gasteiger partial charge in [-0.25, -0.2) is 0 Å². The van der Waals surface area contributed by atoms with Crippen molar-refractivity contribution in [2.75, 3.05) is 13.2 Å². The highest BCUT2D eigenvalue weighted by Gasteiger charge is 2.04. The Bertz CT molecular complexity index is 575. The maximum Gasteiger partial charge on any atom is 0.161 e. The second-order valence-electron chi connectivity index (χ2n) is 4.42. The fourth-order valence-corrected chi connectivity index (χ4v) is 1.89. The van der Waals surface area contributed by atoms with E-state index in [1.165, 1.54) is 0 Å². The van der Waals surface area contributed by atoms with Crippen LogP contribution in [0.2, 0.25) is 0 Å². The van der Waals surface area contributed by atoms with Crippen LogP contribution in [0.15, 0.2) is 42.7 Å². The van der Waals surface area contributed by atoms with E-state index in [9.17, 15) is 4.79 Å². The Morgan fingerprint density at radius 1 is 1.15 bits per heavy atom. The van der Waals surface area contributed by atoms with Crippen LogP contribution in [0.3, 0.4) is 0 Å². The van der Waals surface area contributed by atoms with Crippen LogP contribution in [-0.4, -0.2) is 23.6 Å². The standard InChI is InChI=1S/C16H19NO3/c1-3-19-15-6-4-5-7-16(15)20-11-10-17-9-8-14(12-17)13(2)18/h4-9,12H,3,10-11H2,1-2H3. The molecule has 0 amide bonds. The number of Topliss-reactive ketones (excluding diaryl/α,β-unsaturated/α-hetero) is 1. The molecule has 2 aromatic rings. The van der Waals surface area contributed by atoms with Crippen LogP contribution in [0.1, 0.15) is 24.2 Å². The van der Waals surface area contributed by atoms with E-state index < -0.39 is 0 Å². The molecule has 1 aromatic carbocycles. The van der Waals surface area contributed by atoms with Crippen molar-refractivity contribution in [1.29, 1.82) is 0 Å². The first kappa shape index (κ1) is 14.2. The van der Waals surface area contributed by atoms with Gasteiger partial charge in [0.05, 0.1) is 13.2 Å². The molecule has 0 aliphatic heterocycles. The molecule has 4 heteroatoms. The van der Waals surface area contributed by atoms with Gasteiger partial charge in [-0.15, -0.1) is 0 Å². The highest BCUT2D eigenvalue weighted by atomic mass is 16.5. The van der Waals surface area contributed by atoms with Gasteiger partial charge < -0.3 is 14.0 Å². The quantitative estimate of drug-likeness (QED) is 0.727. The van der Waals surface area contributed by atoms with Gasteiger partial charge >= 0.3 is 0 Å². The normalized spacial score (nSPS) is 10.3. The minimum Gasteiger partial charge on any atom is -0.490 e. The van der Waals surface area contributed by atoms with E-state index in [4.69, 9.17) is 9.47 Å². The summed E-state index contributed by atoms with van der Waals surface area (Å²) in [4.78, 5) is 11.2. The molecular weight excluding hydrogens is 254 g/mol. The molecule has 0 unspecified atom stereocenters. The van der Waals surface area contributed by atoms with Crippen molar-refractivity contribution < 1.29 is 14.3 Å². The van der Waals surface area contributed by atoms with Crippen molar-refractivity contribution in [2.45, 2.75) is 20.4 Å². The monoisotopic (exact) mass is 273 g/mol. The first-order valence-electron chi connectivity index (χ1n) is 6.72. The molecule has 0 atom stereocenters. The zero-order valence-electron chi connectivity index (χ0n) is 11.8. The summed E-state index contributed by atoms with van der Waals surface area (Å²) in [6.07, 6.45) is 3.72. The van der Waals surface area contributed by atoms with Gasteiger partial charge in [-0.1, -0.05) is 12.1 Å². The summed E-state index contributed by atoms with van der Waals surface area (Å²) >= 11 is 0. The second kappa shape index (κ2) is 6.80. The number of ketones is 1. The summed E-state index contributed by atoms with van der Waals surface area (Å²) in [5, 5.41) is 0. The molecule has 0 radical (unpaired) electrons. The van der Waals surface area contributed by atoms with Crippen molar-refractivity contribution in [2.24, 2.45) is 0 Å². The molecule has 2 rings (SSSR count). The smallest absolute Gasteiger partial charge is 0.161 e. The predicted octanol–water partition coefficient (Wildman–Crippen LogP) is 3.17. The van der Waals surface area contributed by atoms with E-state index in [-0.39, 0.29) is 5.78 Å². The SMILES string of the molecule is CCOc1ccccc1OCCn1ccc(C(C)=O)c1.